The Hall–Kier alpha value is -2.04. The van der Waals surface area contributed by atoms with Crippen LogP contribution in [0, 0.1) is 0 Å². The maximum absolute atomic E-state index is 11.9. The number of hydrogen-bond acceptors (Lipinski definition) is 4. The van der Waals surface area contributed by atoms with Gasteiger partial charge >= 0.3 is 5.97 Å². The molecule has 0 radical (unpaired) electrons. The minimum atomic E-state index is -0.649. The molecule has 2 aromatic carbocycles. The van der Waals surface area contributed by atoms with E-state index in [-0.39, 0.29) is 18.4 Å². The van der Waals surface area contributed by atoms with Gasteiger partial charge in [0.2, 0.25) is 0 Å². The van der Waals surface area contributed by atoms with E-state index >= 15 is 0 Å². The molecule has 0 unspecified atom stereocenters. The maximum atomic E-state index is 11.9. The highest BCUT2D eigenvalue weighted by Crippen LogP contribution is 2.12. The molecule has 23 heavy (non-hydrogen) atoms. The second-order valence-corrected chi connectivity index (χ2v) is 5.06. The topological polar surface area (TPSA) is 61.5 Å². The Morgan fingerprint density at radius 3 is 2.30 bits per heavy atom. The maximum Gasteiger partial charge on any atom is 0.323 e. The molecular formula is C18H22ClNO3. The van der Waals surface area contributed by atoms with Crippen LogP contribution in [0.1, 0.15) is 11.1 Å². The highest BCUT2D eigenvalue weighted by molar-refractivity contribution is 5.85. The summed E-state index contributed by atoms with van der Waals surface area (Å²) in [6.07, 6.45) is 1.15. The highest BCUT2D eigenvalue weighted by atomic mass is 35.5. The smallest absolute Gasteiger partial charge is 0.323 e. The van der Waals surface area contributed by atoms with Gasteiger partial charge in [0.05, 0.1) is 13.7 Å². The van der Waals surface area contributed by atoms with Gasteiger partial charge in [-0.1, -0.05) is 42.5 Å². The molecule has 0 saturated carbocycles. The number of esters is 1. The van der Waals surface area contributed by atoms with Crippen molar-refractivity contribution in [2.75, 3.05) is 13.7 Å². The molecule has 0 aliphatic carbocycles. The molecule has 2 aromatic rings. The summed E-state index contributed by atoms with van der Waals surface area (Å²) < 4.78 is 10.3. The van der Waals surface area contributed by atoms with Crippen LogP contribution in [0.3, 0.4) is 0 Å². The minimum Gasteiger partial charge on any atom is -0.497 e. The summed E-state index contributed by atoms with van der Waals surface area (Å²) in [5.74, 6) is 0.412. The van der Waals surface area contributed by atoms with Gasteiger partial charge in [-0.05, 0) is 29.7 Å². The molecule has 0 saturated heterocycles. The Balaban J connectivity index is 0.00000264. The first-order chi connectivity index (χ1) is 10.7. The molecule has 0 heterocycles. The lowest BCUT2D eigenvalue weighted by molar-refractivity contribution is -0.145. The highest BCUT2D eigenvalue weighted by Gasteiger charge is 2.15. The Labute approximate surface area is 143 Å². The molecule has 0 spiro atoms. The summed E-state index contributed by atoms with van der Waals surface area (Å²) in [4.78, 5) is 11.9. The van der Waals surface area contributed by atoms with E-state index in [4.69, 9.17) is 15.2 Å². The predicted octanol–water partition coefficient (Wildman–Crippen LogP) is 2.77. The number of rotatable bonds is 7. The third kappa shape index (κ3) is 6.30. The van der Waals surface area contributed by atoms with Gasteiger partial charge < -0.3 is 15.2 Å². The van der Waals surface area contributed by atoms with E-state index in [9.17, 15) is 4.79 Å². The van der Waals surface area contributed by atoms with Crippen molar-refractivity contribution in [1.29, 1.82) is 0 Å². The average molecular weight is 336 g/mol. The number of methoxy groups -OCH3 is 1. The molecule has 0 aliphatic heterocycles. The van der Waals surface area contributed by atoms with Crippen LogP contribution in [0.5, 0.6) is 5.75 Å². The van der Waals surface area contributed by atoms with Crippen LogP contribution in [-0.4, -0.2) is 25.7 Å². The molecule has 0 fully saturated rings. The molecular weight excluding hydrogens is 314 g/mol. The van der Waals surface area contributed by atoms with Gasteiger partial charge in [0, 0.05) is 6.42 Å². The van der Waals surface area contributed by atoms with Crippen molar-refractivity contribution in [3.8, 4) is 5.75 Å². The van der Waals surface area contributed by atoms with Gasteiger partial charge in [-0.15, -0.1) is 12.4 Å². The van der Waals surface area contributed by atoms with E-state index in [1.54, 1.807) is 7.11 Å². The van der Waals surface area contributed by atoms with Crippen LogP contribution < -0.4 is 10.5 Å². The lowest BCUT2D eigenvalue weighted by atomic mass is 10.1. The van der Waals surface area contributed by atoms with Crippen molar-refractivity contribution >= 4 is 18.4 Å². The first-order valence-electron chi connectivity index (χ1n) is 7.28. The van der Waals surface area contributed by atoms with Gasteiger partial charge in [-0.25, -0.2) is 0 Å². The lowest BCUT2D eigenvalue weighted by Crippen LogP contribution is -2.34. The van der Waals surface area contributed by atoms with Crippen molar-refractivity contribution in [3.63, 3.8) is 0 Å². The summed E-state index contributed by atoms with van der Waals surface area (Å²) in [6.45, 7) is 0.346. The van der Waals surface area contributed by atoms with Gasteiger partial charge in [0.1, 0.15) is 11.8 Å². The fraction of sp³-hybridized carbons (Fsp3) is 0.278. The first-order valence-corrected chi connectivity index (χ1v) is 7.28. The summed E-state index contributed by atoms with van der Waals surface area (Å²) >= 11 is 0. The molecule has 2 rings (SSSR count). The van der Waals surface area contributed by atoms with Gasteiger partial charge in [-0.2, -0.15) is 0 Å². The van der Waals surface area contributed by atoms with Gasteiger partial charge in [0.25, 0.3) is 0 Å². The van der Waals surface area contributed by atoms with Gasteiger partial charge in [-0.3, -0.25) is 4.79 Å². The molecule has 0 amide bonds. The predicted molar refractivity (Wildman–Crippen MR) is 93.0 cm³/mol. The zero-order chi connectivity index (χ0) is 15.8. The van der Waals surface area contributed by atoms with E-state index in [0.29, 0.717) is 19.4 Å². The van der Waals surface area contributed by atoms with E-state index in [1.807, 2.05) is 54.6 Å². The Bertz CT molecular complexity index is 587. The molecule has 0 aromatic heterocycles. The average Bonchev–Trinajstić information content (AvgIpc) is 2.56. The molecule has 2 N–H and O–H groups in total. The van der Waals surface area contributed by atoms with Crippen LogP contribution in [0.4, 0.5) is 0 Å². The number of carbonyl (C=O) groups excluding carboxylic acids is 1. The SMILES string of the molecule is COc1ccc(C[C@H](N)C(=O)OCCc2ccccc2)cc1.Cl. The third-order valence-electron chi connectivity index (χ3n) is 3.40. The number of ether oxygens (including phenoxy) is 2. The summed E-state index contributed by atoms with van der Waals surface area (Å²) in [5.41, 5.74) is 8.01. The van der Waals surface area contributed by atoms with Crippen molar-refractivity contribution in [1.82, 2.24) is 0 Å². The third-order valence-corrected chi connectivity index (χ3v) is 3.40. The summed E-state index contributed by atoms with van der Waals surface area (Å²) in [5, 5.41) is 0. The van der Waals surface area contributed by atoms with Crippen LogP contribution >= 0.6 is 12.4 Å². The Morgan fingerprint density at radius 2 is 1.70 bits per heavy atom. The largest absolute Gasteiger partial charge is 0.497 e. The zero-order valence-corrected chi connectivity index (χ0v) is 13.9. The van der Waals surface area contributed by atoms with Crippen LogP contribution in [-0.2, 0) is 22.4 Å². The summed E-state index contributed by atoms with van der Waals surface area (Å²) in [7, 11) is 1.62. The molecule has 5 heteroatoms. The molecule has 0 bridgehead atoms. The summed E-state index contributed by atoms with van der Waals surface area (Å²) in [6, 6.07) is 16.7. The van der Waals surface area contributed by atoms with Crippen molar-refractivity contribution in [3.05, 3.63) is 65.7 Å². The monoisotopic (exact) mass is 335 g/mol. The molecule has 1 atom stereocenters. The number of hydrogen-bond donors (Lipinski definition) is 1. The van der Waals surface area contributed by atoms with Gasteiger partial charge in [0.15, 0.2) is 0 Å². The van der Waals surface area contributed by atoms with Crippen LogP contribution in [0.25, 0.3) is 0 Å². The second-order valence-electron chi connectivity index (χ2n) is 5.06. The number of nitrogens with two attached hydrogens (primary N) is 1. The van der Waals surface area contributed by atoms with E-state index in [2.05, 4.69) is 0 Å². The first kappa shape index (κ1) is 19.0. The number of carbonyl (C=O) groups is 1. The minimum absolute atomic E-state index is 0. The molecule has 4 nitrogen and oxygen atoms in total. The number of halogens is 1. The quantitative estimate of drug-likeness (QED) is 0.790. The Morgan fingerprint density at radius 1 is 1.04 bits per heavy atom. The fourth-order valence-electron chi connectivity index (χ4n) is 2.12. The molecule has 124 valence electrons. The van der Waals surface area contributed by atoms with E-state index in [1.165, 1.54) is 0 Å². The van der Waals surface area contributed by atoms with E-state index in [0.717, 1.165) is 16.9 Å². The second kappa shape index (κ2) is 9.87. The van der Waals surface area contributed by atoms with Crippen molar-refractivity contribution < 1.29 is 14.3 Å². The van der Waals surface area contributed by atoms with E-state index < -0.39 is 6.04 Å². The lowest BCUT2D eigenvalue weighted by Gasteiger charge is -2.12. The number of benzene rings is 2. The van der Waals surface area contributed by atoms with Crippen LogP contribution in [0.2, 0.25) is 0 Å². The standard InChI is InChI=1S/C18H21NO3.ClH/c1-21-16-9-7-15(8-10-16)13-17(19)18(20)22-12-11-14-5-3-2-4-6-14;/h2-10,17H,11-13,19H2,1H3;1H/t17-;/m0./s1. The molecule has 0 aliphatic rings. The normalized spacial score (nSPS) is 11.2. The Kier molecular flexibility index (Phi) is 8.16. The van der Waals surface area contributed by atoms with Crippen molar-refractivity contribution in [2.45, 2.75) is 18.9 Å². The van der Waals surface area contributed by atoms with Crippen molar-refractivity contribution in [2.24, 2.45) is 5.73 Å². The fourth-order valence-corrected chi connectivity index (χ4v) is 2.12. The zero-order valence-electron chi connectivity index (χ0n) is 13.1. The van der Waals surface area contributed by atoms with Crippen LogP contribution in [0.15, 0.2) is 54.6 Å².